The molecule has 4 rings (SSSR count). The van der Waals surface area contributed by atoms with Crippen LogP contribution in [0.15, 0.2) is 48.5 Å². The lowest BCUT2D eigenvalue weighted by Gasteiger charge is -2.32. The number of aryl methyl sites for hydroxylation is 2. The Morgan fingerprint density at radius 3 is 2.50 bits per heavy atom. The Bertz CT molecular complexity index is 1120. The molecule has 3 amide bonds. The molecule has 9 nitrogen and oxygen atoms in total. The third-order valence-corrected chi connectivity index (χ3v) is 7.22. The Labute approximate surface area is 223 Å². The Kier molecular flexibility index (Phi) is 9.36. The molecule has 9 heteroatoms. The lowest BCUT2D eigenvalue weighted by atomic mass is 9.97. The molecule has 2 unspecified atom stereocenters. The molecular formula is C29H38N4O5. The molecule has 2 bridgehead atoms. The van der Waals surface area contributed by atoms with Gasteiger partial charge < -0.3 is 30.7 Å². The van der Waals surface area contributed by atoms with Crippen molar-refractivity contribution in [3.63, 3.8) is 0 Å². The summed E-state index contributed by atoms with van der Waals surface area (Å²) in [6, 6.07) is 13.6. The van der Waals surface area contributed by atoms with Crippen LogP contribution >= 0.6 is 0 Å². The minimum absolute atomic E-state index is 0.00467. The molecule has 2 aromatic rings. The number of para-hydroxylation sites is 1. The summed E-state index contributed by atoms with van der Waals surface area (Å²) in [5.74, 6) is -0.321. The molecule has 0 radical (unpaired) electrons. The van der Waals surface area contributed by atoms with E-state index in [9.17, 15) is 19.5 Å². The van der Waals surface area contributed by atoms with Crippen molar-refractivity contribution in [1.29, 1.82) is 0 Å². The fourth-order valence-corrected chi connectivity index (χ4v) is 5.14. The number of nitrogens with one attached hydrogen (secondary N) is 3. The Morgan fingerprint density at radius 1 is 1.03 bits per heavy atom. The molecule has 0 aliphatic carbocycles. The van der Waals surface area contributed by atoms with Crippen molar-refractivity contribution in [3.05, 3.63) is 65.2 Å². The van der Waals surface area contributed by atoms with E-state index >= 15 is 0 Å². The summed E-state index contributed by atoms with van der Waals surface area (Å²) >= 11 is 0. The van der Waals surface area contributed by atoms with Crippen LogP contribution in [0.1, 0.15) is 36.5 Å². The fraction of sp³-hybridized carbons (Fsp3) is 0.483. The van der Waals surface area contributed by atoms with E-state index < -0.39 is 24.1 Å². The first-order valence-electron chi connectivity index (χ1n) is 13.4. The van der Waals surface area contributed by atoms with Crippen LogP contribution in [0.25, 0.3) is 0 Å². The summed E-state index contributed by atoms with van der Waals surface area (Å²) in [4.78, 5) is 40.7. The average molecular weight is 523 g/mol. The fourth-order valence-electron chi connectivity index (χ4n) is 5.14. The maximum atomic E-state index is 13.3. The van der Waals surface area contributed by atoms with Crippen molar-refractivity contribution < 1.29 is 24.2 Å². The second-order valence-corrected chi connectivity index (χ2v) is 10.2. The van der Waals surface area contributed by atoms with Gasteiger partial charge in [0, 0.05) is 26.6 Å². The van der Waals surface area contributed by atoms with Crippen molar-refractivity contribution >= 4 is 17.7 Å². The van der Waals surface area contributed by atoms with Crippen molar-refractivity contribution in [2.45, 2.75) is 63.3 Å². The van der Waals surface area contributed by atoms with Gasteiger partial charge in [-0.1, -0.05) is 48.5 Å². The summed E-state index contributed by atoms with van der Waals surface area (Å²) in [6.07, 6.45) is 2.27. The van der Waals surface area contributed by atoms with Gasteiger partial charge in [0.1, 0.15) is 23.9 Å². The zero-order valence-electron chi connectivity index (χ0n) is 22.1. The van der Waals surface area contributed by atoms with Gasteiger partial charge in [0.2, 0.25) is 17.7 Å². The van der Waals surface area contributed by atoms with Gasteiger partial charge >= 0.3 is 0 Å². The van der Waals surface area contributed by atoms with E-state index in [-0.39, 0.29) is 30.9 Å². The number of rotatable bonds is 3. The zero-order valence-corrected chi connectivity index (χ0v) is 22.1. The van der Waals surface area contributed by atoms with Gasteiger partial charge in [0.25, 0.3) is 0 Å². The molecule has 0 saturated heterocycles. The van der Waals surface area contributed by atoms with E-state index in [1.54, 1.807) is 0 Å². The second-order valence-electron chi connectivity index (χ2n) is 10.2. The first kappa shape index (κ1) is 27.6. The van der Waals surface area contributed by atoms with Crippen molar-refractivity contribution in [2.24, 2.45) is 0 Å². The second kappa shape index (κ2) is 12.9. The van der Waals surface area contributed by atoms with Gasteiger partial charge in [-0.15, -0.1) is 0 Å². The molecule has 38 heavy (non-hydrogen) atoms. The number of amides is 3. The number of carbonyl (C=O) groups is 3. The predicted molar refractivity (Wildman–Crippen MR) is 144 cm³/mol. The molecule has 0 fully saturated rings. The summed E-state index contributed by atoms with van der Waals surface area (Å²) in [5.41, 5.74) is 3.17. The van der Waals surface area contributed by atoms with Crippen LogP contribution in [0, 0.1) is 0 Å². The summed E-state index contributed by atoms with van der Waals surface area (Å²) in [6.45, 7) is 2.39. The van der Waals surface area contributed by atoms with E-state index in [0.29, 0.717) is 19.5 Å². The standard InChI is InChI=1S/C29H38N4O5/c1-19(34)26-29(37)32-24(16-20-8-4-3-5-9-20)28(36)31-15-7-12-21-10-6-11-22-13-14-23(38-27(21)22)17-30-18-25(35)33(26)2/h3-6,8-11,19,23-24,26,30,34H,7,12-18H2,1-2H3,(H,31,36)(H,32,37)/t19?,23?,24-,26+/m1/s1. The number of hydrogen-bond acceptors (Lipinski definition) is 6. The third-order valence-electron chi connectivity index (χ3n) is 7.22. The Balaban J connectivity index is 1.57. The van der Waals surface area contributed by atoms with Crippen LogP contribution in [0.2, 0.25) is 0 Å². The van der Waals surface area contributed by atoms with Gasteiger partial charge in [-0.05, 0) is 49.3 Å². The molecule has 4 atom stereocenters. The van der Waals surface area contributed by atoms with Crippen LogP contribution in [-0.4, -0.2) is 78.7 Å². The minimum atomic E-state index is -1.14. The topological polar surface area (TPSA) is 120 Å². The number of benzene rings is 2. The Hall–Kier alpha value is -3.43. The Morgan fingerprint density at radius 2 is 1.76 bits per heavy atom. The SMILES string of the molecule is CC(O)[C@H]1C(=O)N[C@H](Cc2ccccc2)C(=O)NCCCc2cccc3c2OC(CC3)CNCC(=O)N1C. The predicted octanol–water partition coefficient (Wildman–Crippen LogP) is 0.968. The molecule has 0 spiro atoms. The first-order chi connectivity index (χ1) is 18.3. The number of hydrogen-bond donors (Lipinski definition) is 4. The van der Waals surface area contributed by atoms with Crippen molar-refractivity contribution in [1.82, 2.24) is 20.9 Å². The number of aliphatic hydroxyl groups is 1. The highest BCUT2D eigenvalue weighted by Crippen LogP contribution is 2.32. The van der Waals surface area contributed by atoms with Crippen LogP contribution in [-0.2, 0) is 33.6 Å². The summed E-state index contributed by atoms with van der Waals surface area (Å²) in [7, 11) is 1.49. The third kappa shape index (κ3) is 6.90. The van der Waals surface area contributed by atoms with Gasteiger partial charge in [-0.25, -0.2) is 0 Å². The first-order valence-corrected chi connectivity index (χ1v) is 13.4. The molecule has 0 aromatic heterocycles. The van der Waals surface area contributed by atoms with Crippen LogP contribution in [0.4, 0.5) is 0 Å². The number of fused-ring (bicyclic) bond motifs is 1. The van der Waals surface area contributed by atoms with Gasteiger partial charge in [-0.3, -0.25) is 14.4 Å². The zero-order chi connectivity index (χ0) is 27.1. The number of ether oxygens (including phenoxy) is 1. The maximum absolute atomic E-state index is 13.3. The average Bonchev–Trinajstić information content (AvgIpc) is 2.90. The van der Waals surface area contributed by atoms with E-state index in [2.05, 4.69) is 28.1 Å². The molecule has 2 aromatic carbocycles. The minimum Gasteiger partial charge on any atom is -0.489 e. The number of aliphatic hydroxyl groups excluding tert-OH is 1. The molecule has 4 N–H and O–H groups in total. The highest BCUT2D eigenvalue weighted by atomic mass is 16.5. The highest BCUT2D eigenvalue weighted by molar-refractivity contribution is 5.92. The normalized spacial score (nSPS) is 24.3. The smallest absolute Gasteiger partial charge is 0.246 e. The number of nitrogens with zero attached hydrogens (tertiary/aromatic N) is 1. The van der Waals surface area contributed by atoms with Gasteiger partial charge in [-0.2, -0.15) is 0 Å². The lowest BCUT2D eigenvalue weighted by molar-refractivity contribution is -0.143. The molecule has 2 heterocycles. The van der Waals surface area contributed by atoms with E-state index in [0.717, 1.165) is 36.1 Å². The lowest BCUT2D eigenvalue weighted by Crippen LogP contribution is -2.58. The summed E-state index contributed by atoms with van der Waals surface area (Å²) < 4.78 is 6.32. The van der Waals surface area contributed by atoms with Crippen molar-refractivity contribution in [2.75, 3.05) is 26.7 Å². The highest BCUT2D eigenvalue weighted by Gasteiger charge is 2.34. The van der Waals surface area contributed by atoms with Crippen LogP contribution in [0.3, 0.4) is 0 Å². The largest absolute Gasteiger partial charge is 0.489 e. The van der Waals surface area contributed by atoms with E-state index in [1.807, 2.05) is 36.4 Å². The monoisotopic (exact) mass is 522 g/mol. The van der Waals surface area contributed by atoms with Gasteiger partial charge in [0.05, 0.1) is 12.6 Å². The quantitative estimate of drug-likeness (QED) is 0.477. The van der Waals surface area contributed by atoms with Crippen LogP contribution in [0.5, 0.6) is 5.75 Å². The van der Waals surface area contributed by atoms with Crippen molar-refractivity contribution in [3.8, 4) is 5.75 Å². The van der Waals surface area contributed by atoms with Crippen LogP contribution < -0.4 is 20.7 Å². The molecule has 0 saturated carbocycles. The number of carbonyl (C=O) groups excluding carboxylic acids is 3. The van der Waals surface area contributed by atoms with Gasteiger partial charge in [0.15, 0.2) is 0 Å². The summed E-state index contributed by atoms with van der Waals surface area (Å²) in [5, 5.41) is 19.3. The van der Waals surface area contributed by atoms with E-state index in [4.69, 9.17) is 4.74 Å². The molecule has 2 aliphatic heterocycles. The molecule has 2 aliphatic rings. The number of likely N-dealkylation sites (N-methyl/N-ethyl adjacent to an activating group) is 1. The molecule has 204 valence electrons. The van der Waals surface area contributed by atoms with E-state index in [1.165, 1.54) is 24.4 Å². The maximum Gasteiger partial charge on any atom is 0.246 e. The molecular weight excluding hydrogens is 484 g/mol.